The molecule has 0 atom stereocenters. The Labute approximate surface area is 143 Å². The van der Waals surface area contributed by atoms with Gasteiger partial charge in [0.15, 0.2) is 6.61 Å². The number of carbonyl (C=O) groups excluding carboxylic acids is 1. The smallest absolute Gasteiger partial charge is 0.258 e. The molecule has 0 saturated carbocycles. The summed E-state index contributed by atoms with van der Waals surface area (Å²) < 4.78 is 10.5. The summed E-state index contributed by atoms with van der Waals surface area (Å²) in [6.45, 7) is 0.0115. The number of aromatic nitrogens is 2. The maximum Gasteiger partial charge on any atom is 0.258 e. The molecule has 0 fully saturated rings. The molecule has 0 aliphatic rings. The van der Waals surface area contributed by atoms with Crippen molar-refractivity contribution in [2.45, 2.75) is 6.54 Å². The molecule has 0 unspecified atom stereocenters. The van der Waals surface area contributed by atoms with Gasteiger partial charge in [0.05, 0.1) is 6.54 Å². The summed E-state index contributed by atoms with van der Waals surface area (Å²) in [6.07, 6.45) is 0. The van der Waals surface area contributed by atoms with Crippen molar-refractivity contribution >= 4 is 17.5 Å². The molecule has 6 nitrogen and oxygen atoms in total. The second-order valence-corrected chi connectivity index (χ2v) is 5.34. The topological polar surface area (TPSA) is 77.2 Å². The molecule has 3 rings (SSSR count). The van der Waals surface area contributed by atoms with E-state index in [0.717, 1.165) is 5.56 Å². The van der Waals surface area contributed by atoms with E-state index in [1.165, 1.54) is 0 Å². The van der Waals surface area contributed by atoms with E-state index in [-0.39, 0.29) is 19.1 Å². The molecule has 0 saturated heterocycles. The molecular weight excluding hydrogens is 330 g/mol. The Hall–Kier alpha value is -2.86. The van der Waals surface area contributed by atoms with Gasteiger partial charge in [-0.3, -0.25) is 4.79 Å². The summed E-state index contributed by atoms with van der Waals surface area (Å²) in [7, 11) is 0. The van der Waals surface area contributed by atoms with E-state index in [1.54, 1.807) is 24.3 Å². The van der Waals surface area contributed by atoms with E-state index in [4.69, 9.17) is 20.9 Å². The number of nitrogens with one attached hydrogen (secondary N) is 1. The number of ether oxygens (including phenoxy) is 1. The molecular formula is C17H14ClN3O3. The molecule has 0 aliphatic carbocycles. The van der Waals surface area contributed by atoms with Gasteiger partial charge < -0.3 is 14.6 Å². The first-order valence-corrected chi connectivity index (χ1v) is 7.61. The van der Waals surface area contributed by atoms with Crippen molar-refractivity contribution in [1.82, 2.24) is 15.5 Å². The van der Waals surface area contributed by atoms with Crippen molar-refractivity contribution in [3.05, 3.63) is 65.5 Å². The first-order chi connectivity index (χ1) is 11.7. The minimum Gasteiger partial charge on any atom is -0.484 e. The summed E-state index contributed by atoms with van der Waals surface area (Å²) in [5.74, 6) is 1.04. The molecule has 1 N–H and O–H groups in total. The lowest BCUT2D eigenvalue weighted by molar-refractivity contribution is -0.123. The third kappa shape index (κ3) is 4.33. The molecule has 0 bridgehead atoms. The second kappa shape index (κ2) is 7.61. The Morgan fingerprint density at radius 1 is 1.17 bits per heavy atom. The minimum atomic E-state index is -0.297. The number of halogens is 1. The van der Waals surface area contributed by atoms with Crippen LogP contribution in [0.25, 0.3) is 11.4 Å². The lowest BCUT2D eigenvalue weighted by atomic mass is 10.2. The highest BCUT2D eigenvalue weighted by atomic mass is 35.5. The van der Waals surface area contributed by atoms with Gasteiger partial charge in [0.2, 0.25) is 11.7 Å². The lowest BCUT2D eigenvalue weighted by Gasteiger charge is -2.06. The summed E-state index contributed by atoms with van der Waals surface area (Å²) in [5.41, 5.74) is 0.850. The van der Waals surface area contributed by atoms with E-state index in [2.05, 4.69) is 15.5 Å². The molecule has 1 heterocycles. The van der Waals surface area contributed by atoms with Gasteiger partial charge in [0.1, 0.15) is 5.75 Å². The number of nitrogens with zero attached hydrogens (tertiary/aromatic N) is 2. The van der Waals surface area contributed by atoms with Crippen molar-refractivity contribution < 1.29 is 14.1 Å². The van der Waals surface area contributed by atoms with Crippen LogP contribution in [0.3, 0.4) is 0 Å². The second-order valence-electron chi connectivity index (χ2n) is 4.90. The van der Waals surface area contributed by atoms with Gasteiger partial charge in [-0.05, 0) is 18.2 Å². The summed E-state index contributed by atoms with van der Waals surface area (Å²) in [6, 6.07) is 16.3. The molecule has 3 aromatic rings. The number of carbonyl (C=O) groups is 1. The maximum absolute atomic E-state index is 11.8. The normalized spacial score (nSPS) is 10.4. The molecule has 24 heavy (non-hydrogen) atoms. The van der Waals surface area contributed by atoms with Crippen molar-refractivity contribution in [2.75, 3.05) is 6.61 Å². The first-order valence-electron chi connectivity index (χ1n) is 7.24. The van der Waals surface area contributed by atoms with Crippen molar-refractivity contribution in [1.29, 1.82) is 0 Å². The van der Waals surface area contributed by atoms with Gasteiger partial charge in [0, 0.05) is 10.6 Å². The van der Waals surface area contributed by atoms with Crippen LogP contribution in [-0.4, -0.2) is 22.7 Å². The number of hydrogen-bond acceptors (Lipinski definition) is 5. The maximum atomic E-state index is 11.8. The Balaban J connectivity index is 1.49. The highest BCUT2D eigenvalue weighted by Gasteiger charge is 2.10. The molecule has 122 valence electrons. The van der Waals surface area contributed by atoms with Gasteiger partial charge in [0.25, 0.3) is 5.91 Å². The number of benzene rings is 2. The third-order valence-corrected chi connectivity index (χ3v) is 3.34. The summed E-state index contributed by atoms with van der Waals surface area (Å²) in [5, 5.41) is 7.09. The average Bonchev–Trinajstić information content (AvgIpc) is 3.08. The van der Waals surface area contributed by atoms with E-state index in [1.807, 2.05) is 30.3 Å². The minimum absolute atomic E-state index is 0.125. The van der Waals surface area contributed by atoms with E-state index >= 15 is 0 Å². The van der Waals surface area contributed by atoms with Crippen LogP contribution in [0.5, 0.6) is 5.75 Å². The third-order valence-electron chi connectivity index (χ3n) is 3.10. The number of amides is 1. The van der Waals surface area contributed by atoms with Gasteiger partial charge in [-0.25, -0.2) is 0 Å². The van der Waals surface area contributed by atoms with E-state index < -0.39 is 0 Å². The van der Waals surface area contributed by atoms with Crippen LogP contribution in [0.4, 0.5) is 0 Å². The van der Waals surface area contributed by atoms with Crippen molar-refractivity contribution in [3.8, 4) is 17.1 Å². The molecule has 1 aromatic heterocycles. The Morgan fingerprint density at radius 2 is 2.00 bits per heavy atom. The first kappa shape index (κ1) is 16.0. The van der Waals surface area contributed by atoms with Crippen LogP contribution in [0.15, 0.2) is 59.1 Å². The van der Waals surface area contributed by atoms with Crippen LogP contribution in [0.2, 0.25) is 5.02 Å². The Kier molecular flexibility index (Phi) is 5.08. The van der Waals surface area contributed by atoms with Gasteiger partial charge in [-0.15, -0.1) is 0 Å². The zero-order valence-electron chi connectivity index (χ0n) is 12.6. The Bertz CT molecular complexity index is 821. The van der Waals surface area contributed by atoms with Gasteiger partial charge in [-0.1, -0.05) is 53.2 Å². The van der Waals surface area contributed by atoms with Crippen LogP contribution in [0.1, 0.15) is 5.89 Å². The quantitative estimate of drug-likeness (QED) is 0.744. The van der Waals surface area contributed by atoms with Crippen molar-refractivity contribution in [3.63, 3.8) is 0 Å². The molecule has 7 heteroatoms. The van der Waals surface area contributed by atoms with Gasteiger partial charge >= 0.3 is 0 Å². The standard InChI is InChI=1S/C17H14ClN3O3/c18-13-7-4-8-14(9-13)23-11-15(22)19-10-16-20-17(21-24-16)12-5-2-1-3-6-12/h1-9H,10-11H2,(H,19,22). The zero-order chi connectivity index (χ0) is 16.8. The number of rotatable bonds is 6. The molecule has 1 amide bonds. The van der Waals surface area contributed by atoms with Gasteiger partial charge in [-0.2, -0.15) is 4.98 Å². The van der Waals surface area contributed by atoms with E-state index in [9.17, 15) is 4.79 Å². The predicted octanol–water partition coefficient (Wildman–Crippen LogP) is 3.09. The fraction of sp³-hybridized carbons (Fsp3) is 0.118. The molecule has 0 spiro atoms. The van der Waals surface area contributed by atoms with E-state index in [0.29, 0.717) is 22.5 Å². The highest BCUT2D eigenvalue weighted by Crippen LogP contribution is 2.17. The van der Waals surface area contributed by atoms with Crippen LogP contribution < -0.4 is 10.1 Å². The molecule has 0 radical (unpaired) electrons. The van der Waals surface area contributed by atoms with Crippen molar-refractivity contribution in [2.24, 2.45) is 0 Å². The average molecular weight is 344 g/mol. The monoisotopic (exact) mass is 343 g/mol. The number of hydrogen-bond donors (Lipinski definition) is 1. The summed E-state index contributed by atoms with van der Waals surface area (Å²) >= 11 is 5.85. The Morgan fingerprint density at radius 3 is 2.79 bits per heavy atom. The predicted molar refractivity (Wildman–Crippen MR) is 88.5 cm³/mol. The zero-order valence-corrected chi connectivity index (χ0v) is 13.4. The fourth-order valence-electron chi connectivity index (χ4n) is 1.96. The summed E-state index contributed by atoms with van der Waals surface area (Å²) in [4.78, 5) is 16.0. The lowest BCUT2D eigenvalue weighted by Crippen LogP contribution is -2.28. The van der Waals surface area contributed by atoms with Crippen LogP contribution >= 0.6 is 11.6 Å². The highest BCUT2D eigenvalue weighted by molar-refractivity contribution is 6.30. The molecule has 0 aliphatic heterocycles. The SMILES string of the molecule is O=C(COc1cccc(Cl)c1)NCc1nc(-c2ccccc2)no1. The van der Waals surface area contributed by atoms with Crippen LogP contribution in [0, 0.1) is 0 Å². The molecule has 2 aromatic carbocycles. The fourth-order valence-corrected chi connectivity index (χ4v) is 2.14. The largest absolute Gasteiger partial charge is 0.484 e. The van der Waals surface area contributed by atoms with Crippen LogP contribution in [-0.2, 0) is 11.3 Å².